The standard InChI is InChI=1S/C17H27BrN2O2/c1-6-20(12(2)3)10-9-19-17(21)14(5)22-16-8-7-13(4)11-15(16)18/h7-8,11-12,14H,6,9-10H2,1-5H3,(H,19,21). The molecular formula is C17H27BrN2O2. The molecule has 0 aliphatic rings. The van der Waals surface area contributed by atoms with Gasteiger partial charge < -0.3 is 10.1 Å². The molecule has 0 bridgehead atoms. The predicted octanol–water partition coefficient (Wildman–Crippen LogP) is 3.37. The number of ether oxygens (including phenoxy) is 1. The molecule has 1 atom stereocenters. The van der Waals surface area contributed by atoms with E-state index in [4.69, 9.17) is 4.74 Å². The summed E-state index contributed by atoms with van der Waals surface area (Å²) in [6, 6.07) is 6.30. The molecule has 1 unspecified atom stereocenters. The summed E-state index contributed by atoms with van der Waals surface area (Å²) in [5.41, 5.74) is 1.14. The molecule has 0 aromatic heterocycles. The number of nitrogens with one attached hydrogen (secondary N) is 1. The maximum atomic E-state index is 12.1. The Morgan fingerprint density at radius 2 is 2.05 bits per heavy atom. The number of halogens is 1. The number of amides is 1. The first-order valence-electron chi connectivity index (χ1n) is 7.79. The molecule has 1 rings (SSSR count). The smallest absolute Gasteiger partial charge is 0.260 e. The average Bonchev–Trinajstić information content (AvgIpc) is 2.45. The molecule has 0 aliphatic heterocycles. The Hall–Kier alpha value is -1.07. The molecule has 0 heterocycles. The first-order chi connectivity index (χ1) is 10.3. The normalized spacial score (nSPS) is 12.5. The quantitative estimate of drug-likeness (QED) is 0.762. The van der Waals surface area contributed by atoms with Gasteiger partial charge in [-0.3, -0.25) is 9.69 Å². The maximum Gasteiger partial charge on any atom is 0.260 e. The van der Waals surface area contributed by atoms with E-state index in [2.05, 4.69) is 46.9 Å². The third-order valence-electron chi connectivity index (χ3n) is 3.60. The lowest BCUT2D eigenvalue weighted by molar-refractivity contribution is -0.127. The van der Waals surface area contributed by atoms with Crippen molar-refractivity contribution in [2.24, 2.45) is 0 Å². The van der Waals surface area contributed by atoms with Crippen molar-refractivity contribution >= 4 is 21.8 Å². The highest BCUT2D eigenvalue weighted by Gasteiger charge is 2.16. The molecule has 0 spiro atoms. The summed E-state index contributed by atoms with van der Waals surface area (Å²) in [5.74, 6) is 0.595. The van der Waals surface area contributed by atoms with Crippen LogP contribution in [0.4, 0.5) is 0 Å². The van der Waals surface area contributed by atoms with Crippen LogP contribution in [0.2, 0.25) is 0 Å². The van der Waals surface area contributed by atoms with E-state index in [1.54, 1.807) is 6.92 Å². The van der Waals surface area contributed by atoms with Crippen LogP contribution in [0.1, 0.15) is 33.3 Å². The molecule has 0 radical (unpaired) electrons. The van der Waals surface area contributed by atoms with Crippen molar-refractivity contribution in [3.8, 4) is 5.75 Å². The zero-order valence-electron chi connectivity index (χ0n) is 14.1. The van der Waals surface area contributed by atoms with Gasteiger partial charge in [-0.25, -0.2) is 0 Å². The number of aryl methyl sites for hydroxylation is 1. The molecule has 1 amide bonds. The summed E-state index contributed by atoms with van der Waals surface area (Å²) >= 11 is 3.46. The second-order valence-corrected chi connectivity index (χ2v) is 6.56. The van der Waals surface area contributed by atoms with Crippen molar-refractivity contribution in [3.63, 3.8) is 0 Å². The number of hydrogen-bond donors (Lipinski definition) is 1. The fourth-order valence-electron chi connectivity index (χ4n) is 2.19. The first-order valence-corrected chi connectivity index (χ1v) is 8.59. The summed E-state index contributed by atoms with van der Waals surface area (Å²) in [6.45, 7) is 12.7. The number of nitrogens with zero attached hydrogens (tertiary/aromatic N) is 1. The van der Waals surface area contributed by atoms with Gasteiger partial charge in [0.15, 0.2) is 6.10 Å². The Bertz CT molecular complexity index is 492. The molecule has 0 fully saturated rings. The van der Waals surface area contributed by atoms with Gasteiger partial charge in [-0.1, -0.05) is 13.0 Å². The van der Waals surface area contributed by atoms with Crippen LogP contribution in [0, 0.1) is 6.92 Å². The summed E-state index contributed by atoms with van der Waals surface area (Å²) in [4.78, 5) is 14.4. The van der Waals surface area contributed by atoms with E-state index < -0.39 is 6.10 Å². The van der Waals surface area contributed by atoms with Crippen LogP contribution in [-0.4, -0.2) is 42.6 Å². The van der Waals surface area contributed by atoms with E-state index >= 15 is 0 Å². The van der Waals surface area contributed by atoms with Crippen LogP contribution >= 0.6 is 15.9 Å². The molecule has 5 heteroatoms. The number of rotatable bonds is 8. The third kappa shape index (κ3) is 5.97. The number of carbonyl (C=O) groups excluding carboxylic acids is 1. The first kappa shape index (κ1) is 19.0. The second-order valence-electron chi connectivity index (χ2n) is 5.71. The van der Waals surface area contributed by atoms with Gasteiger partial charge in [0, 0.05) is 19.1 Å². The minimum atomic E-state index is -0.520. The van der Waals surface area contributed by atoms with E-state index in [9.17, 15) is 4.79 Å². The molecule has 22 heavy (non-hydrogen) atoms. The highest BCUT2D eigenvalue weighted by Crippen LogP contribution is 2.26. The van der Waals surface area contributed by atoms with E-state index in [-0.39, 0.29) is 5.91 Å². The molecule has 1 aromatic carbocycles. The maximum absolute atomic E-state index is 12.1. The van der Waals surface area contributed by atoms with E-state index in [1.807, 2.05) is 25.1 Å². The van der Waals surface area contributed by atoms with Gasteiger partial charge in [-0.15, -0.1) is 0 Å². The molecule has 0 saturated heterocycles. The Labute approximate surface area is 142 Å². The average molecular weight is 371 g/mol. The minimum absolute atomic E-state index is 0.0905. The summed E-state index contributed by atoms with van der Waals surface area (Å²) < 4.78 is 6.59. The van der Waals surface area contributed by atoms with Gasteiger partial charge in [-0.05, 0) is 67.9 Å². The van der Waals surface area contributed by atoms with Crippen LogP contribution in [0.3, 0.4) is 0 Å². The second kappa shape index (κ2) is 9.16. The summed E-state index contributed by atoms with van der Waals surface area (Å²) in [5, 5.41) is 2.93. The van der Waals surface area contributed by atoms with Crippen molar-refractivity contribution in [3.05, 3.63) is 28.2 Å². The van der Waals surface area contributed by atoms with Crippen molar-refractivity contribution in [2.45, 2.75) is 46.8 Å². The number of hydrogen-bond acceptors (Lipinski definition) is 3. The van der Waals surface area contributed by atoms with Gasteiger partial charge in [0.25, 0.3) is 5.91 Å². The van der Waals surface area contributed by atoms with Gasteiger partial charge in [0.2, 0.25) is 0 Å². The largest absolute Gasteiger partial charge is 0.480 e. The van der Waals surface area contributed by atoms with Crippen molar-refractivity contribution in [1.29, 1.82) is 0 Å². The molecule has 124 valence electrons. The van der Waals surface area contributed by atoms with Crippen molar-refractivity contribution < 1.29 is 9.53 Å². The van der Waals surface area contributed by atoms with Crippen LogP contribution in [0.15, 0.2) is 22.7 Å². The Kier molecular flexibility index (Phi) is 7.90. The minimum Gasteiger partial charge on any atom is -0.480 e. The molecule has 1 aromatic rings. The number of benzene rings is 1. The molecular weight excluding hydrogens is 344 g/mol. The van der Waals surface area contributed by atoms with E-state index in [0.717, 1.165) is 23.1 Å². The predicted molar refractivity (Wildman–Crippen MR) is 94.4 cm³/mol. The Morgan fingerprint density at radius 1 is 1.36 bits per heavy atom. The lowest BCUT2D eigenvalue weighted by atomic mass is 10.2. The topological polar surface area (TPSA) is 41.6 Å². The highest BCUT2D eigenvalue weighted by molar-refractivity contribution is 9.10. The molecule has 0 aliphatic carbocycles. The molecule has 0 saturated carbocycles. The van der Waals surface area contributed by atoms with Gasteiger partial charge in [0.05, 0.1) is 4.47 Å². The van der Waals surface area contributed by atoms with E-state index in [1.165, 1.54) is 0 Å². The van der Waals surface area contributed by atoms with Crippen LogP contribution < -0.4 is 10.1 Å². The fourth-order valence-corrected chi connectivity index (χ4v) is 2.78. The van der Waals surface area contributed by atoms with Crippen LogP contribution in [-0.2, 0) is 4.79 Å². The highest BCUT2D eigenvalue weighted by atomic mass is 79.9. The van der Waals surface area contributed by atoms with Gasteiger partial charge in [-0.2, -0.15) is 0 Å². The fraction of sp³-hybridized carbons (Fsp3) is 0.588. The Morgan fingerprint density at radius 3 is 2.59 bits per heavy atom. The van der Waals surface area contributed by atoms with Crippen molar-refractivity contribution in [1.82, 2.24) is 10.2 Å². The van der Waals surface area contributed by atoms with Crippen molar-refractivity contribution in [2.75, 3.05) is 19.6 Å². The molecule has 1 N–H and O–H groups in total. The van der Waals surface area contributed by atoms with Gasteiger partial charge in [0.1, 0.15) is 5.75 Å². The zero-order valence-corrected chi connectivity index (χ0v) is 15.7. The lowest BCUT2D eigenvalue weighted by Gasteiger charge is -2.25. The zero-order chi connectivity index (χ0) is 16.7. The van der Waals surface area contributed by atoms with E-state index in [0.29, 0.717) is 18.3 Å². The third-order valence-corrected chi connectivity index (χ3v) is 4.21. The SMILES string of the molecule is CCN(CCNC(=O)C(C)Oc1ccc(C)cc1Br)C(C)C. The van der Waals surface area contributed by atoms with Gasteiger partial charge >= 0.3 is 0 Å². The summed E-state index contributed by atoms with van der Waals surface area (Å²) in [7, 11) is 0. The van der Waals surface area contributed by atoms with Crippen LogP contribution in [0.5, 0.6) is 5.75 Å². The summed E-state index contributed by atoms with van der Waals surface area (Å²) in [6.07, 6.45) is -0.520. The monoisotopic (exact) mass is 370 g/mol. The van der Waals surface area contributed by atoms with Crippen LogP contribution in [0.25, 0.3) is 0 Å². The lowest BCUT2D eigenvalue weighted by Crippen LogP contribution is -2.42. The molecule has 4 nitrogen and oxygen atoms in total. The number of likely N-dealkylation sites (N-methyl/N-ethyl adjacent to an activating group) is 1. The number of carbonyl (C=O) groups is 1. The Balaban J connectivity index is 2.45.